The van der Waals surface area contributed by atoms with E-state index in [1.54, 1.807) is 24.3 Å². The van der Waals surface area contributed by atoms with Gasteiger partial charge < -0.3 is 10.4 Å². The molecule has 2 aromatic carbocycles. The molecule has 2 fully saturated rings. The van der Waals surface area contributed by atoms with Crippen LogP contribution in [0.5, 0.6) is 0 Å². The molecule has 0 bridgehead atoms. The number of aliphatic carboxylic acids is 1. The van der Waals surface area contributed by atoms with Gasteiger partial charge in [-0.15, -0.1) is 23.2 Å². The van der Waals surface area contributed by atoms with Gasteiger partial charge in [-0.2, -0.15) is 0 Å². The fraction of sp³-hybridized carbons (Fsp3) is 0.417. The zero-order chi connectivity index (χ0) is 23.1. The molecule has 2 aliphatic rings. The van der Waals surface area contributed by atoms with Gasteiger partial charge in [0, 0.05) is 5.02 Å². The summed E-state index contributed by atoms with van der Waals surface area (Å²) in [6.45, 7) is 0. The first-order valence-electron chi connectivity index (χ1n) is 10.5. The van der Waals surface area contributed by atoms with E-state index >= 15 is 0 Å². The minimum absolute atomic E-state index is 0.0325. The Kier molecular flexibility index (Phi) is 6.71. The van der Waals surface area contributed by atoms with Crippen LogP contribution in [0.1, 0.15) is 49.1 Å². The van der Waals surface area contributed by atoms with Crippen molar-refractivity contribution in [1.82, 2.24) is 0 Å². The van der Waals surface area contributed by atoms with Crippen LogP contribution in [-0.2, 0) is 16.0 Å². The van der Waals surface area contributed by atoms with E-state index in [1.807, 2.05) is 18.2 Å². The lowest BCUT2D eigenvalue weighted by atomic mass is 9.84. The summed E-state index contributed by atoms with van der Waals surface area (Å²) in [6.07, 6.45) is 3.57. The Morgan fingerprint density at radius 3 is 2.31 bits per heavy atom. The molecule has 4 rings (SSSR count). The van der Waals surface area contributed by atoms with Gasteiger partial charge in [0.15, 0.2) is 0 Å². The highest BCUT2D eigenvalue weighted by Crippen LogP contribution is 2.50. The van der Waals surface area contributed by atoms with Gasteiger partial charge in [-0.25, -0.2) is 0 Å². The summed E-state index contributed by atoms with van der Waals surface area (Å²) in [5, 5.41) is 13.4. The zero-order valence-electron chi connectivity index (χ0n) is 17.2. The molecular formula is C24H23Cl4NO3. The molecule has 2 atom stereocenters. The number of benzene rings is 2. The molecule has 32 heavy (non-hydrogen) atoms. The monoisotopic (exact) mass is 513 g/mol. The molecule has 2 aromatic rings. The molecule has 1 amide bonds. The van der Waals surface area contributed by atoms with Crippen LogP contribution in [0.4, 0.5) is 5.69 Å². The van der Waals surface area contributed by atoms with Gasteiger partial charge in [-0.05, 0) is 79.8 Å². The van der Waals surface area contributed by atoms with Crippen LogP contribution in [0.25, 0.3) is 0 Å². The number of hydrogen-bond acceptors (Lipinski definition) is 2. The van der Waals surface area contributed by atoms with Crippen molar-refractivity contribution in [3.63, 3.8) is 0 Å². The van der Waals surface area contributed by atoms with E-state index < -0.39 is 21.6 Å². The number of halogens is 4. The lowest BCUT2D eigenvalue weighted by Gasteiger charge is -2.24. The van der Waals surface area contributed by atoms with Gasteiger partial charge in [0.2, 0.25) is 5.91 Å². The molecule has 2 aliphatic carbocycles. The summed E-state index contributed by atoms with van der Waals surface area (Å²) in [7, 11) is 0. The second-order valence-electron chi connectivity index (χ2n) is 8.95. The van der Waals surface area contributed by atoms with Gasteiger partial charge in [-0.1, -0.05) is 41.4 Å². The van der Waals surface area contributed by atoms with Crippen LogP contribution < -0.4 is 5.32 Å². The van der Waals surface area contributed by atoms with Gasteiger partial charge in [0.25, 0.3) is 0 Å². The Balaban J connectivity index is 1.58. The van der Waals surface area contributed by atoms with Gasteiger partial charge in [0.1, 0.15) is 4.33 Å². The Morgan fingerprint density at radius 2 is 1.75 bits per heavy atom. The maximum atomic E-state index is 13.5. The second-order valence-corrected chi connectivity index (χ2v) is 11.4. The summed E-state index contributed by atoms with van der Waals surface area (Å²) in [4.78, 5) is 25.0. The highest BCUT2D eigenvalue weighted by Gasteiger charge is 2.50. The molecule has 0 spiro atoms. The fourth-order valence-electron chi connectivity index (χ4n) is 4.57. The SMILES string of the molecule is O=C(Nc1cc(CC2(C(=O)O)CC2)ccc1Cl)C(c1ccc(Cl)cc1)C1CCC(Cl)(Cl)C1. The minimum Gasteiger partial charge on any atom is -0.481 e. The van der Waals surface area contributed by atoms with Gasteiger partial charge in [0.05, 0.1) is 22.0 Å². The number of anilines is 1. The first-order chi connectivity index (χ1) is 15.1. The molecule has 0 aliphatic heterocycles. The van der Waals surface area contributed by atoms with Crippen LogP contribution in [0.15, 0.2) is 42.5 Å². The van der Waals surface area contributed by atoms with Crippen molar-refractivity contribution < 1.29 is 14.7 Å². The first-order valence-corrected chi connectivity index (χ1v) is 12.1. The molecule has 0 heterocycles. The molecule has 8 heteroatoms. The van der Waals surface area contributed by atoms with Crippen molar-refractivity contribution in [3.8, 4) is 0 Å². The third-order valence-corrected chi connectivity index (χ3v) is 7.83. The Morgan fingerprint density at radius 1 is 1.06 bits per heavy atom. The Bertz CT molecular complexity index is 1030. The molecule has 2 unspecified atom stereocenters. The smallest absolute Gasteiger partial charge is 0.309 e. The first kappa shape index (κ1) is 23.7. The third kappa shape index (κ3) is 5.20. The Labute approximate surface area is 207 Å². The molecule has 2 saturated carbocycles. The highest BCUT2D eigenvalue weighted by atomic mass is 35.5. The van der Waals surface area contributed by atoms with Gasteiger partial charge in [-0.3, -0.25) is 9.59 Å². The number of alkyl halides is 2. The van der Waals surface area contributed by atoms with Crippen molar-refractivity contribution in [2.45, 2.75) is 48.8 Å². The topological polar surface area (TPSA) is 66.4 Å². The van der Waals surface area contributed by atoms with Crippen molar-refractivity contribution in [2.75, 3.05) is 5.32 Å². The molecular weight excluding hydrogens is 492 g/mol. The van der Waals surface area contributed by atoms with Crippen LogP contribution >= 0.6 is 46.4 Å². The lowest BCUT2D eigenvalue weighted by molar-refractivity contribution is -0.143. The molecule has 0 saturated heterocycles. The van der Waals surface area contributed by atoms with Crippen molar-refractivity contribution in [1.29, 1.82) is 0 Å². The predicted molar refractivity (Wildman–Crippen MR) is 129 cm³/mol. The molecule has 0 aromatic heterocycles. The molecule has 170 valence electrons. The number of carboxylic acid groups (broad SMARTS) is 1. The summed E-state index contributed by atoms with van der Waals surface area (Å²) < 4.78 is -0.845. The van der Waals surface area contributed by atoms with E-state index in [-0.39, 0.29) is 11.8 Å². The highest BCUT2D eigenvalue weighted by molar-refractivity contribution is 6.48. The maximum Gasteiger partial charge on any atom is 0.309 e. The Hall–Kier alpha value is -1.46. The van der Waals surface area contributed by atoms with E-state index in [0.29, 0.717) is 47.8 Å². The molecule has 0 radical (unpaired) electrons. The number of nitrogens with one attached hydrogen (secondary N) is 1. The lowest BCUT2D eigenvalue weighted by Crippen LogP contribution is -2.27. The van der Waals surface area contributed by atoms with Crippen LogP contribution in [0.2, 0.25) is 10.0 Å². The van der Waals surface area contributed by atoms with Crippen molar-refractivity contribution >= 4 is 64.0 Å². The number of carbonyl (C=O) groups excluding carboxylic acids is 1. The maximum absolute atomic E-state index is 13.5. The zero-order valence-corrected chi connectivity index (χ0v) is 20.2. The molecule has 2 N–H and O–H groups in total. The largest absolute Gasteiger partial charge is 0.481 e. The number of hydrogen-bond donors (Lipinski definition) is 2. The summed E-state index contributed by atoms with van der Waals surface area (Å²) in [5.74, 6) is -1.50. The predicted octanol–water partition coefficient (Wildman–Crippen LogP) is 7.10. The van der Waals surface area contributed by atoms with Crippen molar-refractivity contribution in [3.05, 3.63) is 63.6 Å². The summed E-state index contributed by atoms with van der Waals surface area (Å²) in [5.41, 5.74) is 1.43. The normalized spacial score (nSPS) is 21.7. The fourth-order valence-corrected chi connectivity index (χ4v) is 5.48. The standard InChI is InChI=1S/C24H23Cl4NO3/c25-17-4-2-15(3-5-17)20(16-7-8-24(27,28)13-16)21(30)29-19-11-14(1-6-18(19)26)12-23(9-10-23)22(31)32/h1-6,11,16,20H,7-10,12-13H2,(H,29,30)(H,31,32). The van der Waals surface area contributed by atoms with E-state index in [2.05, 4.69) is 5.32 Å². The van der Waals surface area contributed by atoms with Gasteiger partial charge >= 0.3 is 5.97 Å². The van der Waals surface area contributed by atoms with E-state index in [1.165, 1.54) is 0 Å². The van der Waals surface area contributed by atoms with Crippen LogP contribution in [-0.4, -0.2) is 21.3 Å². The van der Waals surface area contributed by atoms with E-state index in [9.17, 15) is 14.7 Å². The van der Waals surface area contributed by atoms with E-state index in [0.717, 1.165) is 17.5 Å². The number of amides is 1. The van der Waals surface area contributed by atoms with Crippen LogP contribution in [0, 0.1) is 11.3 Å². The number of carbonyl (C=O) groups is 2. The molecule has 4 nitrogen and oxygen atoms in total. The second kappa shape index (κ2) is 9.06. The average Bonchev–Trinajstić information content (AvgIpc) is 3.43. The summed E-state index contributed by atoms with van der Waals surface area (Å²) in [6, 6.07) is 12.5. The number of rotatable bonds is 7. The van der Waals surface area contributed by atoms with E-state index in [4.69, 9.17) is 46.4 Å². The quantitative estimate of drug-likeness (QED) is 0.387. The number of carboxylic acids is 1. The average molecular weight is 515 g/mol. The van der Waals surface area contributed by atoms with Crippen LogP contribution in [0.3, 0.4) is 0 Å². The third-order valence-electron chi connectivity index (χ3n) is 6.56. The summed E-state index contributed by atoms with van der Waals surface area (Å²) >= 11 is 25.2. The minimum atomic E-state index is -0.845. The van der Waals surface area contributed by atoms with Crippen molar-refractivity contribution in [2.24, 2.45) is 11.3 Å².